The lowest BCUT2D eigenvalue weighted by Gasteiger charge is -2.26. The maximum Gasteiger partial charge on any atom is 0.256 e. The van der Waals surface area contributed by atoms with Crippen LogP contribution in [-0.4, -0.2) is 32.7 Å². The van der Waals surface area contributed by atoms with Crippen LogP contribution in [-0.2, 0) is 19.5 Å². The summed E-state index contributed by atoms with van der Waals surface area (Å²) < 4.78 is 0. The van der Waals surface area contributed by atoms with Crippen molar-refractivity contribution in [1.82, 2.24) is 19.9 Å². The Hall–Kier alpha value is -1.18. The Morgan fingerprint density at radius 2 is 2.40 bits per heavy atom. The first-order chi connectivity index (χ1) is 9.65. The smallest absolute Gasteiger partial charge is 0.256 e. The summed E-state index contributed by atoms with van der Waals surface area (Å²) in [4.78, 5) is 27.3. The van der Waals surface area contributed by atoms with E-state index in [4.69, 9.17) is 0 Å². The van der Waals surface area contributed by atoms with E-state index < -0.39 is 0 Å². The van der Waals surface area contributed by atoms with Gasteiger partial charge in [0.2, 0.25) is 0 Å². The highest BCUT2D eigenvalue weighted by molar-refractivity contribution is 7.98. The van der Waals surface area contributed by atoms with Gasteiger partial charge in [-0.25, -0.2) is 9.97 Å². The number of hydrogen-bond donors (Lipinski definition) is 1. The van der Waals surface area contributed by atoms with Crippen molar-refractivity contribution in [2.45, 2.75) is 31.6 Å². The third kappa shape index (κ3) is 2.79. The zero-order chi connectivity index (χ0) is 14.1. The molecule has 1 aliphatic heterocycles. The Balaban J connectivity index is 1.80. The molecule has 1 aliphatic rings. The van der Waals surface area contributed by atoms with E-state index >= 15 is 0 Å². The van der Waals surface area contributed by atoms with Gasteiger partial charge in [-0.2, -0.15) is 0 Å². The number of thioether (sulfide) groups is 1. The fourth-order valence-electron chi connectivity index (χ4n) is 2.36. The van der Waals surface area contributed by atoms with Crippen LogP contribution >= 0.6 is 23.1 Å². The van der Waals surface area contributed by atoms with Gasteiger partial charge in [0.1, 0.15) is 5.01 Å². The van der Waals surface area contributed by atoms with Gasteiger partial charge >= 0.3 is 0 Å². The molecule has 106 valence electrons. The molecule has 5 nitrogen and oxygen atoms in total. The summed E-state index contributed by atoms with van der Waals surface area (Å²) in [6.07, 6.45) is 4.65. The first kappa shape index (κ1) is 13.8. The Morgan fingerprint density at radius 3 is 3.10 bits per heavy atom. The van der Waals surface area contributed by atoms with Crippen LogP contribution in [0.25, 0.3) is 0 Å². The fraction of sp³-hybridized carbons (Fsp3) is 0.462. The topological polar surface area (TPSA) is 61.9 Å². The summed E-state index contributed by atoms with van der Waals surface area (Å²) >= 11 is 3.19. The molecule has 20 heavy (non-hydrogen) atoms. The second kappa shape index (κ2) is 5.67. The largest absolute Gasteiger partial charge is 0.301 e. The Morgan fingerprint density at radius 1 is 1.55 bits per heavy atom. The molecule has 0 aliphatic carbocycles. The van der Waals surface area contributed by atoms with Gasteiger partial charge in [0, 0.05) is 30.6 Å². The third-order valence-electron chi connectivity index (χ3n) is 3.35. The van der Waals surface area contributed by atoms with E-state index in [9.17, 15) is 4.79 Å². The molecular formula is C13H16N4OS2. The predicted octanol–water partition coefficient (Wildman–Crippen LogP) is 1.82. The van der Waals surface area contributed by atoms with E-state index in [1.165, 1.54) is 16.6 Å². The van der Waals surface area contributed by atoms with Gasteiger partial charge in [-0.05, 0) is 13.2 Å². The summed E-state index contributed by atoms with van der Waals surface area (Å²) in [5.74, 6) is 0. The molecule has 1 N–H and O–H groups in total. The lowest BCUT2D eigenvalue weighted by molar-refractivity contribution is 0.240. The minimum atomic E-state index is -0.000584. The standard InChI is InChI=1S/C13H16N4OS2/c1-8-5-14-11(20-8)7-17-4-3-10-9(6-17)12(18)16-13(15-10)19-2/h5H,3-4,6-7H2,1-2H3,(H,15,16,18). The summed E-state index contributed by atoms with van der Waals surface area (Å²) in [5.41, 5.74) is 1.76. The van der Waals surface area contributed by atoms with E-state index in [-0.39, 0.29) is 5.56 Å². The molecule has 2 aromatic rings. The number of thiazole rings is 1. The second-order valence-corrected chi connectivity index (χ2v) is 6.94. The number of fused-ring (bicyclic) bond motifs is 1. The van der Waals surface area contributed by atoms with Crippen LogP contribution in [0.1, 0.15) is 21.1 Å². The number of aromatic nitrogens is 3. The van der Waals surface area contributed by atoms with Gasteiger partial charge in [-0.15, -0.1) is 11.3 Å². The van der Waals surface area contributed by atoms with E-state index in [2.05, 4.69) is 26.8 Å². The summed E-state index contributed by atoms with van der Waals surface area (Å²) in [6.45, 7) is 4.45. The van der Waals surface area contributed by atoms with Gasteiger partial charge in [-0.1, -0.05) is 11.8 Å². The van der Waals surface area contributed by atoms with Crippen LogP contribution < -0.4 is 5.56 Å². The van der Waals surface area contributed by atoms with Crippen molar-refractivity contribution in [2.75, 3.05) is 12.8 Å². The zero-order valence-electron chi connectivity index (χ0n) is 11.5. The number of aromatic amines is 1. The molecule has 0 amide bonds. The lowest BCUT2D eigenvalue weighted by Crippen LogP contribution is -2.35. The van der Waals surface area contributed by atoms with E-state index in [1.807, 2.05) is 12.5 Å². The van der Waals surface area contributed by atoms with E-state index in [0.29, 0.717) is 11.7 Å². The van der Waals surface area contributed by atoms with Gasteiger partial charge in [0.05, 0.1) is 17.8 Å². The van der Waals surface area contributed by atoms with E-state index in [1.54, 1.807) is 11.3 Å². The predicted molar refractivity (Wildman–Crippen MR) is 81.3 cm³/mol. The van der Waals surface area contributed by atoms with Crippen molar-refractivity contribution >= 4 is 23.1 Å². The van der Waals surface area contributed by atoms with Gasteiger partial charge in [0.25, 0.3) is 5.56 Å². The van der Waals surface area contributed by atoms with Crippen molar-refractivity contribution in [3.05, 3.63) is 37.7 Å². The summed E-state index contributed by atoms with van der Waals surface area (Å²) in [6, 6.07) is 0. The number of aryl methyl sites for hydroxylation is 1. The Bertz CT molecular complexity index is 679. The summed E-state index contributed by atoms with van der Waals surface area (Å²) in [7, 11) is 0. The minimum absolute atomic E-state index is 0.000584. The quantitative estimate of drug-likeness (QED) is 0.692. The van der Waals surface area contributed by atoms with Crippen LogP contribution in [0.4, 0.5) is 0 Å². The molecule has 7 heteroatoms. The molecule has 0 saturated heterocycles. The average molecular weight is 308 g/mol. The average Bonchev–Trinajstić information content (AvgIpc) is 2.84. The van der Waals surface area contributed by atoms with Crippen LogP contribution in [0.15, 0.2) is 16.1 Å². The van der Waals surface area contributed by atoms with Crippen molar-refractivity contribution < 1.29 is 0 Å². The minimum Gasteiger partial charge on any atom is -0.301 e. The number of nitrogens with zero attached hydrogens (tertiary/aromatic N) is 3. The van der Waals surface area contributed by atoms with Crippen molar-refractivity contribution in [2.24, 2.45) is 0 Å². The van der Waals surface area contributed by atoms with Gasteiger partial charge in [-0.3, -0.25) is 9.69 Å². The second-order valence-electron chi connectivity index (χ2n) is 4.83. The molecule has 0 saturated carbocycles. The Labute approximate surface area is 125 Å². The molecule has 0 spiro atoms. The SMILES string of the molecule is CSc1nc2c(c(=O)[nH]1)CN(Cc1ncc(C)s1)CC2. The lowest BCUT2D eigenvalue weighted by atomic mass is 10.1. The number of hydrogen-bond acceptors (Lipinski definition) is 6. The molecule has 0 bridgehead atoms. The van der Waals surface area contributed by atoms with Crippen LogP contribution in [0, 0.1) is 6.92 Å². The number of nitrogens with one attached hydrogen (secondary N) is 1. The normalized spacial score (nSPS) is 15.3. The molecule has 0 atom stereocenters. The molecule has 3 rings (SSSR count). The van der Waals surface area contributed by atoms with Crippen molar-refractivity contribution in [3.63, 3.8) is 0 Å². The van der Waals surface area contributed by atoms with Crippen LogP contribution in [0.2, 0.25) is 0 Å². The first-order valence-electron chi connectivity index (χ1n) is 6.45. The van der Waals surface area contributed by atoms with Crippen molar-refractivity contribution in [1.29, 1.82) is 0 Å². The van der Waals surface area contributed by atoms with Gasteiger partial charge < -0.3 is 4.98 Å². The maximum absolute atomic E-state index is 12.1. The maximum atomic E-state index is 12.1. The van der Waals surface area contributed by atoms with Crippen LogP contribution in [0.3, 0.4) is 0 Å². The molecule has 3 heterocycles. The molecule has 0 fully saturated rings. The molecule has 0 unspecified atom stereocenters. The Kier molecular flexibility index (Phi) is 3.91. The monoisotopic (exact) mass is 308 g/mol. The number of H-pyrrole nitrogens is 1. The highest BCUT2D eigenvalue weighted by Gasteiger charge is 2.21. The molecule has 0 aromatic carbocycles. The molecular weight excluding hydrogens is 292 g/mol. The molecule has 2 aromatic heterocycles. The summed E-state index contributed by atoms with van der Waals surface area (Å²) in [5, 5.41) is 1.81. The highest BCUT2D eigenvalue weighted by Crippen LogP contribution is 2.20. The van der Waals surface area contributed by atoms with Crippen molar-refractivity contribution in [3.8, 4) is 0 Å². The first-order valence-corrected chi connectivity index (χ1v) is 8.49. The third-order valence-corrected chi connectivity index (χ3v) is 4.82. The van der Waals surface area contributed by atoms with E-state index in [0.717, 1.165) is 35.8 Å². The molecule has 0 radical (unpaired) electrons. The zero-order valence-corrected chi connectivity index (χ0v) is 13.1. The fourth-order valence-corrected chi connectivity index (χ4v) is 3.58. The number of rotatable bonds is 3. The highest BCUT2D eigenvalue weighted by atomic mass is 32.2. The van der Waals surface area contributed by atoms with Crippen LogP contribution in [0.5, 0.6) is 0 Å². The van der Waals surface area contributed by atoms with Gasteiger partial charge in [0.15, 0.2) is 5.16 Å².